The lowest BCUT2D eigenvalue weighted by Gasteiger charge is -2.27. The van der Waals surface area contributed by atoms with E-state index in [2.05, 4.69) is 5.32 Å². The summed E-state index contributed by atoms with van der Waals surface area (Å²) in [5.74, 6) is 0.127. The van der Waals surface area contributed by atoms with Gasteiger partial charge in [-0.1, -0.05) is 6.42 Å². The number of carbonyl (C=O) groups excluding carboxylic acids is 1. The molecule has 0 saturated heterocycles. The first kappa shape index (κ1) is 21.2. The normalized spacial score (nSPS) is 14.6. The van der Waals surface area contributed by atoms with Crippen molar-refractivity contribution in [1.29, 1.82) is 0 Å². The number of ether oxygens (including phenoxy) is 2. The number of fused-ring (bicyclic) bond motifs is 1. The van der Waals surface area contributed by atoms with Crippen molar-refractivity contribution >= 4 is 16.8 Å². The summed E-state index contributed by atoms with van der Waals surface area (Å²) in [5, 5.41) is 2.53. The van der Waals surface area contributed by atoms with Gasteiger partial charge in [0.15, 0.2) is 6.61 Å². The predicted molar refractivity (Wildman–Crippen MR) is 101 cm³/mol. The monoisotopic (exact) mass is 412 g/mol. The van der Waals surface area contributed by atoms with E-state index >= 15 is 0 Å². The summed E-state index contributed by atoms with van der Waals surface area (Å²) < 4.78 is 51.9. The van der Waals surface area contributed by atoms with Crippen molar-refractivity contribution in [3.05, 3.63) is 40.2 Å². The molecule has 2 aromatic rings. The minimum atomic E-state index is -4.64. The maximum atomic E-state index is 13.4. The summed E-state index contributed by atoms with van der Waals surface area (Å²) in [5.41, 5.74) is -1.49. The molecule has 1 fully saturated rings. The van der Waals surface area contributed by atoms with Crippen LogP contribution in [0.15, 0.2) is 29.1 Å². The number of carbonyl (C=O) groups is 1. The second kappa shape index (κ2) is 8.86. The molecule has 3 rings (SSSR count). The molecule has 1 aliphatic rings. The second-order valence-electron chi connectivity index (χ2n) is 7.11. The predicted octanol–water partition coefficient (Wildman–Crippen LogP) is 2.96. The van der Waals surface area contributed by atoms with E-state index in [4.69, 9.17) is 9.47 Å². The van der Waals surface area contributed by atoms with Crippen molar-refractivity contribution in [2.24, 2.45) is 5.92 Å². The molecule has 0 atom stereocenters. The van der Waals surface area contributed by atoms with Crippen molar-refractivity contribution in [2.75, 3.05) is 26.9 Å². The summed E-state index contributed by atoms with van der Waals surface area (Å²) in [4.78, 5) is 24.2. The lowest BCUT2D eigenvalue weighted by Crippen LogP contribution is -2.31. The van der Waals surface area contributed by atoms with Gasteiger partial charge < -0.3 is 19.4 Å². The molecule has 29 heavy (non-hydrogen) atoms. The number of pyridine rings is 1. The number of nitrogens with zero attached hydrogens (tertiary/aromatic N) is 1. The summed E-state index contributed by atoms with van der Waals surface area (Å²) in [6, 6.07) is 4.71. The molecule has 0 radical (unpaired) electrons. The van der Waals surface area contributed by atoms with Gasteiger partial charge in [0.25, 0.3) is 11.5 Å². The Morgan fingerprint density at radius 3 is 2.66 bits per heavy atom. The van der Waals surface area contributed by atoms with Crippen LogP contribution in [0.4, 0.5) is 13.2 Å². The topological polar surface area (TPSA) is 69.6 Å². The molecule has 9 heteroatoms. The van der Waals surface area contributed by atoms with E-state index in [-0.39, 0.29) is 35.1 Å². The highest BCUT2D eigenvalue weighted by Gasteiger charge is 2.34. The van der Waals surface area contributed by atoms with E-state index in [1.807, 2.05) is 0 Å². The van der Waals surface area contributed by atoms with E-state index in [0.717, 1.165) is 19.3 Å². The molecule has 1 aromatic carbocycles. The Labute approximate surface area is 165 Å². The molecule has 1 aliphatic carbocycles. The van der Waals surface area contributed by atoms with Crippen LogP contribution in [0.5, 0.6) is 5.75 Å². The number of amides is 1. The lowest BCUT2D eigenvalue weighted by molar-refractivity contribution is -0.136. The first-order valence-electron chi connectivity index (χ1n) is 9.43. The van der Waals surface area contributed by atoms with Crippen LogP contribution in [-0.2, 0) is 22.3 Å². The Hall–Kier alpha value is -2.55. The van der Waals surface area contributed by atoms with Gasteiger partial charge in [0.05, 0.1) is 17.7 Å². The van der Waals surface area contributed by atoms with Gasteiger partial charge in [-0.25, -0.2) is 0 Å². The van der Waals surface area contributed by atoms with E-state index in [1.165, 1.54) is 29.9 Å². The molecule has 0 spiro atoms. The highest BCUT2D eigenvalue weighted by Crippen LogP contribution is 2.36. The van der Waals surface area contributed by atoms with Crippen LogP contribution in [0, 0.1) is 5.92 Å². The zero-order valence-electron chi connectivity index (χ0n) is 16.1. The minimum Gasteiger partial charge on any atom is -0.484 e. The standard InChI is InChI=1S/C20H23F3N2O4/c1-28-8-7-24-18(26)12-29-14-5-6-15-16(20(21,22)23)10-19(27)25(17(15)9-14)11-13-3-2-4-13/h5-6,9-10,13H,2-4,7-8,11-12H2,1H3,(H,24,26). The van der Waals surface area contributed by atoms with Gasteiger partial charge in [0.1, 0.15) is 5.75 Å². The van der Waals surface area contributed by atoms with Crippen molar-refractivity contribution < 1.29 is 27.4 Å². The van der Waals surface area contributed by atoms with E-state index in [9.17, 15) is 22.8 Å². The lowest BCUT2D eigenvalue weighted by atomic mass is 9.85. The fraction of sp³-hybridized carbons (Fsp3) is 0.500. The summed E-state index contributed by atoms with van der Waals surface area (Å²) in [6.45, 7) is 0.761. The van der Waals surface area contributed by atoms with Crippen molar-refractivity contribution in [2.45, 2.75) is 32.0 Å². The fourth-order valence-electron chi connectivity index (χ4n) is 3.30. The maximum absolute atomic E-state index is 13.4. The van der Waals surface area contributed by atoms with Gasteiger partial charge in [-0.2, -0.15) is 13.2 Å². The quantitative estimate of drug-likeness (QED) is 0.677. The molecule has 1 heterocycles. The third-order valence-electron chi connectivity index (χ3n) is 5.05. The Morgan fingerprint density at radius 1 is 1.28 bits per heavy atom. The Morgan fingerprint density at radius 2 is 2.03 bits per heavy atom. The summed E-state index contributed by atoms with van der Waals surface area (Å²) in [7, 11) is 1.51. The number of methoxy groups -OCH3 is 1. The van der Waals surface area contributed by atoms with Gasteiger partial charge in [-0.05, 0) is 30.9 Å². The molecule has 0 bridgehead atoms. The number of halogens is 3. The van der Waals surface area contributed by atoms with Gasteiger partial charge in [-0.3, -0.25) is 9.59 Å². The maximum Gasteiger partial charge on any atom is 0.417 e. The minimum absolute atomic E-state index is 0.0617. The highest BCUT2D eigenvalue weighted by atomic mass is 19.4. The summed E-state index contributed by atoms with van der Waals surface area (Å²) in [6.07, 6.45) is -1.68. The molecule has 1 amide bonds. The van der Waals surface area contributed by atoms with Crippen LogP contribution in [0.1, 0.15) is 24.8 Å². The zero-order chi connectivity index (χ0) is 21.0. The van der Waals surface area contributed by atoms with Crippen LogP contribution in [0.25, 0.3) is 10.9 Å². The van der Waals surface area contributed by atoms with Crippen LogP contribution in [-0.4, -0.2) is 37.3 Å². The van der Waals surface area contributed by atoms with Crippen LogP contribution in [0.3, 0.4) is 0 Å². The fourth-order valence-corrected chi connectivity index (χ4v) is 3.30. The third kappa shape index (κ3) is 5.09. The molecule has 1 aromatic heterocycles. The van der Waals surface area contributed by atoms with Crippen molar-refractivity contribution in [1.82, 2.24) is 9.88 Å². The number of nitrogens with one attached hydrogen (secondary N) is 1. The first-order chi connectivity index (χ1) is 13.8. The molecular formula is C20H23F3N2O4. The number of rotatable bonds is 8. The van der Waals surface area contributed by atoms with E-state index in [0.29, 0.717) is 25.8 Å². The summed E-state index contributed by atoms with van der Waals surface area (Å²) >= 11 is 0. The van der Waals surface area contributed by atoms with Crippen LogP contribution in [0.2, 0.25) is 0 Å². The van der Waals surface area contributed by atoms with Gasteiger partial charge in [0.2, 0.25) is 0 Å². The molecule has 0 unspecified atom stereocenters. The Bertz CT molecular complexity index is 936. The molecular weight excluding hydrogens is 389 g/mol. The third-order valence-corrected chi connectivity index (χ3v) is 5.05. The van der Waals surface area contributed by atoms with Gasteiger partial charge in [-0.15, -0.1) is 0 Å². The average Bonchev–Trinajstić information content (AvgIpc) is 2.63. The highest BCUT2D eigenvalue weighted by molar-refractivity contribution is 5.85. The number of alkyl halides is 3. The SMILES string of the molecule is COCCNC(=O)COc1ccc2c(C(F)(F)F)cc(=O)n(CC3CCC3)c2c1. The van der Waals surface area contributed by atoms with Crippen molar-refractivity contribution in [3.63, 3.8) is 0 Å². The first-order valence-corrected chi connectivity index (χ1v) is 9.43. The van der Waals surface area contributed by atoms with Crippen LogP contribution >= 0.6 is 0 Å². The molecule has 6 nitrogen and oxygen atoms in total. The van der Waals surface area contributed by atoms with E-state index in [1.54, 1.807) is 0 Å². The van der Waals surface area contributed by atoms with Gasteiger partial charge >= 0.3 is 6.18 Å². The molecule has 1 saturated carbocycles. The number of hydrogen-bond donors (Lipinski definition) is 1. The number of hydrogen-bond acceptors (Lipinski definition) is 4. The molecule has 1 N–H and O–H groups in total. The average molecular weight is 412 g/mol. The molecule has 0 aliphatic heterocycles. The van der Waals surface area contributed by atoms with E-state index < -0.39 is 17.3 Å². The Balaban J connectivity index is 1.90. The number of benzene rings is 1. The second-order valence-corrected chi connectivity index (χ2v) is 7.11. The van der Waals surface area contributed by atoms with Crippen LogP contribution < -0.4 is 15.6 Å². The van der Waals surface area contributed by atoms with Gasteiger partial charge in [0, 0.05) is 37.7 Å². The largest absolute Gasteiger partial charge is 0.484 e. The smallest absolute Gasteiger partial charge is 0.417 e. The zero-order valence-corrected chi connectivity index (χ0v) is 16.1. The Kier molecular flexibility index (Phi) is 6.46. The van der Waals surface area contributed by atoms with Crippen molar-refractivity contribution in [3.8, 4) is 5.75 Å². The number of aromatic nitrogens is 1. The molecule has 158 valence electrons.